The highest BCUT2D eigenvalue weighted by Gasteiger charge is 2.21. The van der Waals surface area contributed by atoms with Crippen molar-refractivity contribution in [3.63, 3.8) is 0 Å². The first-order chi connectivity index (χ1) is 11.5. The molecule has 1 aromatic rings. The Hall–Kier alpha value is -1.68. The molecular formula is C20H29FN2O. The number of nitrogens with zero attached hydrogens (tertiary/aromatic N) is 2. The van der Waals surface area contributed by atoms with E-state index in [1.807, 2.05) is 0 Å². The van der Waals surface area contributed by atoms with E-state index in [4.69, 9.17) is 4.84 Å². The van der Waals surface area contributed by atoms with Gasteiger partial charge in [-0.3, -0.25) is 0 Å². The van der Waals surface area contributed by atoms with Crippen molar-refractivity contribution in [1.29, 1.82) is 0 Å². The SMILES string of the molecule is C[C@@H](CO/N=C1/C(=C/c2ccc(F)cc2)CCC[C@@H]1C)CN(C)C. The standard InChI is InChI=1S/C20H29FN2O/c1-15(13-23(3)4)14-24-22-20-16(2)6-5-7-18(20)12-17-8-10-19(21)11-9-17/h8-12,15-16H,5-7,13-14H2,1-4H3/b18-12+,22-20+/t15-,16+/m1/s1. The van der Waals surface area contributed by atoms with Crippen molar-refractivity contribution < 1.29 is 9.23 Å². The summed E-state index contributed by atoms with van der Waals surface area (Å²) in [5.41, 5.74) is 3.26. The summed E-state index contributed by atoms with van der Waals surface area (Å²) in [4.78, 5) is 7.81. The lowest BCUT2D eigenvalue weighted by atomic mass is 9.84. The zero-order chi connectivity index (χ0) is 17.5. The second kappa shape index (κ2) is 8.97. The van der Waals surface area contributed by atoms with Crippen LogP contribution in [0.15, 0.2) is 35.0 Å². The van der Waals surface area contributed by atoms with Crippen molar-refractivity contribution in [3.05, 3.63) is 41.2 Å². The lowest BCUT2D eigenvalue weighted by Crippen LogP contribution is -2.23. The van der Waals surface area contributed by atoms with E-state index in [2.05, 4.69) is 44.1 Å². The van der Waals surface area contributed by atoms with Crippen LogP contribution >= 0.6 is 0 Å². The molecule has 24 heavy (non-hydrogen) atoms. The van der Waals surface area contributed by atoms with Gasteiger partial charge in [-0.25, -0.2) is 4.39 Å². The lowest BCUT2D eigenvalue weighted by molar-refractivity contribution is 0.100. The molecule has 0 aromatic heterocycles. The van der Waals surface area contributed by atoms with Crippen LogP contribution in [0.3, 0.4) is 0 Å². The molecule has 132 valence electrons. The minimum atomic E-state index is -0.207. The average Bonchev–Trinajstić information content (AvgIpc) is 2.51. The Morgan fingerprint density at radius 2 is 2.04 bits per heavy atom. The summed E-state index contributed by atoms with van der Waals surface area (Å²) in [5, 5.41) is 4.46. The van der Waals surface area contributed by atoms with Crippen molar-refractivity contribution in [2.24, 2.45) is 17.0 Å². The van der Waals surface area contributed by atoms with Gasteiger partial charge in [0, 0.05) is 18.4 Å². The Morgan fingerprint density at radius 3 is 2.71 bits per heavy atom. The third kappa shape index (κ3) is 5.75. The second-order valence-corrected chi connectivity index (χ2v) is 7.15. The van der Waals surface area contributed by atoms with E-state index >= 15 is 0 Å². The van der Waals surface area contributed by atoms with E-state index < -0.39 is 0 Å². The van der Waals surface area contributed by atoms with Crippen molar-refractivity contribution in [1.82, 2.24) is 4.90 Å². The lowest BCUT2D eigenvalue weighted by Gasteiger charge is -2.23. The highest BCUT2D eigenvalue weighted by atomic mass is 19.1. The molecule has 2 rings (SSSR count). The quantitative estimate of drug-likeness (QED) is 0.711. The Bertz CT molecular complexity index is 578. The maximum Gasteiger partial charge on any atom is 0.123 e. The Labute approximate surface area is 145 Å². The van der Waals surface area contributed by atoms with Crippen LogP contribution in [0.2, 0.25) is 0 Å². The molecule has 1 saturated carbocycles. The van der Waals surface area contributed by atoms with E-state index in [-0.39, 0.29) is 5.82 Å². The smallest absolute Gasteiger partial charge is 0.123 e. The molecule has 0 saturated heterocycles. The predicted molar refractivity (Wildman–Crippen MR) is 98.5 cm³/mol. The van der Waals surface area contributed by atoms with Gasteiger partial charge in [0.1, 0.15) is 12.4 Å². The fourth-order valence-electron chi connectivity index (χ4n) is 3.14. The fourth-order valence-corrected chi connectivity index (χ4v) is 3.14. The summed E-state index contributed by atoms with van der Waals surface area (Å²) in [6.07, 6.45) is 5.40. The molecule has 0 unspecified atom stereocenters. The van der Waals surface area contributed by atoms with Gasteiger partial charge in [0.25, 0.3) is 0 Å². The highest BCUT2D eigenvalue weighted by Crippen LogP contribution is 2.28. The molecule has 3 nitrogen and oxygen atoms in total. The number of allylic oxidation sites excluding steroid dienone is 1. The van der Waals surface area contributed by atoms with Crippen molar-refractivity contribution in [2.45, 2.75) is 33.1 Å². The van der Waals surface area contributed by atoms with Gasteiger partial charge in [-0.15, -0.1) is 0 Å². The maximum atomic E-state index is 13.1. The first kappa shape index (κ1) is 18.7. The monoisotopic (exact) mass is 332 g/mol. The summed E-state index contributed by atoms with van der Waals surface area (Å²) >= 11 is 0. The molecule has 1 fully saturated rings. The van der Waals surface area contributed by atoms with E-state index in [9.17, 15) is 4.39 Å². The molecule has 0 heterocycles. The number of halogens is 1. The summed E-state index contributed by atoms with van der Waals surface area (Å²) in [6.45, 7) is 5.97. The van der Waals surface area contributed by atoms with Gasteiger partial charge in [-0.1, -0.05) is 31.1 Å². The zero-order valence-electron chi connectivity index (χ0n) is 15.3. The van der Waals surface area contributed by atoms with E-state index in [0.29, 0.717) is 18.4 Å². The van der Waals surface area contributed by atoms with Crippen molar-refractivity contribution >= 4 is 11.8 Å². The minimum Gasteiger partial charge on any atom is -0.395 e. The molecule has 1 aliphatic rings. The van der Waals surface area contributed by atoms with Gasteiger partial charge < -0.3 is 9.74 Å². The zero-order valence-corrected chi connectivity index (χ0v) is 15.3. The van der Waals surface area contributed by atoms with Crippen LogP contribution in [0, 0.1) is 17.7 Å². The number of benzene rings is 1. The first-order valence-corrected chi connectivity index (χ1v) is 8.76. The third-order valence-corrected chi connectivity index (χ3v) is 4.29. The number of hydrogen-bond donors (Lipinski definition) is 0. The first-order valence-electron chi connectivity index (χ1n) is 8.76. The molecule has 0 N–H and O–H groups in total. The number of hydrogen-bond acceptors (Lipinski definition) is 3. The molecule has 1 aliphatic carbocycles. The average molecular weight is 332 g/mol. The molecule has 0 bridgehead atoms. The Balaban J connectivity index is 2.08. The molecule has 1 aromatic carbocycles. The Morgan fingerprint density at radius 1 is 1.33 bits per heavy atom. The predicted octanol–water partition coefficient (Wildman–Crippen LogP) is 4.60. The fraction of sp³-hybridized carbons (Fsp3) is 0.550. The van der Waals surface area contributed by atoms with Crippen molar-refractivity contribution in [3.8, 4) is 0 Å². The normalized spacial score (nSPS) is 23.0. The molecule has 0 aliphatic heterocycles. The van der Waals surface area contributed by atoms with Crippen molar-refractivity contribution in [2.75, 3.05) is 27.2 Å². The van der Waals surface area contributed by atoms with Crippen LogP contribution in [-0.2, 0) is 4.84 Å². The van der Waals surface area contributed by atoms with Crippen LogP contribution in [0.25, 0.3) is 6.08 Å². The van der Waals surface area contributed by atoms with Gasteiger partial charge in [-0.05, 0) is 62.7 Å². The second-order valence-electron chi connectivity index (χ2n) is 7.15. The summed E-state index contributed by atoms with van der Waals surface area (Å²) < 4.78 is 13.1. The maximum absolute atomic E-state index is 13.1. The van der Waals surface area contributed by atoms with Crippen LogP contribution in [0.5, 0.6) is 0 Å². The third-order valence-electron chi connectivity index (χ3n) is 4.29. The van der Waals surface area contributed by atoms with Gasteiger partial charge in [0.2, 0.25) is 0 Å². The van der Waals surface area contributed by atoms with E-state index in [0.717, 1.165) is 37.1 Å². The van der Waals surface area contributed by atoms with Crippen LogP contribution in [-0.4, -0.2) is 37.9 Å². The highest BCUT2D eigenvalue weighted by molar-refractivity contribution is 6.05. The van der Waals surface area contributed by atoms with Gasteiger partial charge >= 0.3 is 0 Å². The van der Waals surface area contributed by atoms with Crippen LogP contribution < -0.4 is 0 Å². The molecule has 2 atom stereocenters. The molecule has 4 heteroatoms. The van der Waals surface area contributed by atoms with Gasteiger partial charge in [-0.2, -0.15) is 0 Å². The number of rotatable bonds is 6. The summed E-state index contributed by atoms with van der Waals surface area (Å²) in [7, 11) is 4.13. The minimum absolute atomic E-state index is 0.207. The largest absolute Gasteiger partial charge is 0.395 e. The molecule has 0 spiro atoms. The Kier molecular flexibility index (Phi) is 6.98. The molecule has 0 amide bonds. The molecular weight excluding hydrogens is 303 g/mol. The van der Waals surface area contributed by atoms with Gasteiger partial charge in [0.15, 0.2) is 0 Å². The number of oxime groups is 1. The van der Waals surface area contributed by atoms with E-state index in [1.165, 1.54) is 17.7 Å². The van der Waals surface area contributed by atoms with Crippen LogP contribution in [0.1, 0.15) is 38.7 Å². The summed E-state index contributed by atoms with van der Waals surface area (Å²) in [5.74, 6) is 0.628. The summed E-state index contributed by atoms with van der Waals surface area (Å²) in [6, 6.07) is 6.60. The molecule has 0 radical (unpaired) electrons. The van der Waals surface area contributed by atoms with Gasteiger partial charge in [0.05, 0.1) is 5.71 Å². The van der Waals surface area contributed by atoms with E-state index in [1.54, 1.807) is 12.1 Å². The topological polar surface area (TPSA) is 24.8 Å². The van der Waals surface area contributed by atoms with Crippen LogP contribution in [0.4, 0.5) is 4.39 Å².